The van der Waals surface area contributed by atoms with Gasteiger partial charge in [0.1, 0.15) is 6.04 Å². The number of aliphatic carboxylic acids is 1. The number of nitrogens with zero attached hydrogens (tertiary/aromatic N) is 1. The standard InChI is InChI=1S/C30H36N2O5/c1-4-37-27(33)16-17-32(20-21(2)3)30(36)31-28(29(34)35)26(18-22-10-6-5-7-11-22)25-15-14-23-12-8-9-13-24(23)19-25/h5-15,19,21,26,28H,4,16-18,20H2,1-3H3,(H,31,36)(H,34,35)/t26?,28-/m0/s1. The number of carboxylic acid groups (broad SMARTS) is 1. The van der Waals surface area contributed by atoms with Gasteiger partial charge in [-0.25, -0.2) is 9.59 Å². The first kappa shape index (κ1) is 27.7. The number of urea groups is 1. The molecule has 37 heavy (non-hydrogen) atoms. The number of rotatable bonds is 12. The second-order valence-electron chi connectivity index (χ2n) is 9.56. The van der Waals surface area contributed by atoms with Crippen molar-refractivity contribution in [2.75, 3.05) is 19.7 Å². The molecule has 0 aromatic heterocycles. The van der Waals surface area contributed by atoms with Gasteiger partial charge in [-0.1, -0.05) is 86.6 Å². The SMILES string of the molecule is CCOC(=O)CCN(CC(C)C)C(=O)N[C@H](C(=O)O)C(Cc1ccccc1)c1ccc2ccccc2c1. The molecule has 0 saturated heterocycles. The molecule has 3 aromatic rings. The number of carbonyl (C=O) groups is 3. The van der Waals surface area contributed by atoms with Crippen LogP contribution in [0.2, 0.25) is 0 Å². The fourth-order valence-electron chi connectivity index (χ4n) is 4.47. The number of esters is 1. The van der Waals surface area contributed by atoms with Crippen molar-refractivity contribution in [1.29, 1.82) is 0 Å². The lowest BCUT2D eigenvalue weighted by Gasteiger charge is -2.30. The van der Waals surface area contributed by atoms with Gasteiger partial charge in [-0.15, -0.1) is 0 Å². The van der Waals surface area contributed by atoms with E-state index in [1.807, 2.05) is 86.6 Å². The molecule has 2 N–H and O–H groups in total. The molecule has 0 radical (unpaired) electrons. The van der Waals surface area contributed by atoms with E-state index in [0.717, 1.165) is 21.9 Å². The van der Waals surface area contributed by atoms with E-state index >= 15 is 0 Å². The van der Waals surface area contributed by atoms with Crippen LogP contribution < -0.4 is 5.32 Å². The van der Waals surface area contributed by atoms with Gasteiger partial charge in [0.25, 0.3) is 0 Å². The van der Waals surface area contributed by atoms with Crippen LogP contribution in [0.5, 0.6) is 0 Å². The lowest BCUT2D eigenvalue weighted by molar-refractivity contribution is -0.143. The van der Waals surface area contributed by atoms with Gasteiger partial charge >= 0.3 is 18.0 Å². The molecule has 0 aliphatic rings. The van der Waals surface area contributed by atoms with Crippen LogP contribution >= 0.6 is 0 Å². The van der Waals surface area contributed by atoms with Gasteiger partial charge in [-0.2, -0.15) is 0 Å². The maximum absolute atomic E-state index is 13.4. The highest BCUT2D eigenvalue weighted by Crippen LogP contribution is 2.28. The molecule has 0 bridgehead atoms. The Morgan fingerprint density at radius 2 is 1.62 bits per heavy atom. The molecule has 196 valence electrons. The Kier molecular flexibility index (Phi) is 10.1. The van der Waals surface area contributed by atoms with Crippen LogP contribution in [-0.2, 0) is 20.7 Å². The van der Waals surface area contributed by atoms with Crippen molar-refractivity contribution in [3.63, 3.8) is 0 Å². The minimum Gasteiger partial charge on any atom is -0.480 e. The fourth-order valence-corrected chi connectivity index (χ4v) is 4.47. The summed E-state index contributed by atoms with van der Waals surface area (Å²) in [6.45, 7) is 6.46. The van der Waals surface area contributed by atoms with Crippen LogP contribution in [0.4, 0.5) is 4.79 Å². The van der Waals surface area contributed by atoms with Gasteiger partial charge < -0.3 is 20.1 Å². The van der Waals surface area contributed by atoms with Crippen molar-refractivity contribution in [3.05, 3.63) is 83.9 Å². The van der Waals surface area contributed by atoms with Crippen LogP contribution in [0, 0.1) is 5.92 Å². The average Bonchev–Trinajstić information content (AvgIpc) is 2.88. The Balaban J connectivity index is 1.92. The summed E-state index contributed by atoms with van der Waals surface area (Å²) in [4.78, 5) is 39.4. The van der Waals surface area contributed by atoms with E-state index in [-0.39, 0.29) is 25.5 Å². The molecule has 1 unspecified atom stereocenters. The number of hydrogen-bond donors (Lipinski definition) is 2. The topological polar surface area (TPSA) is 95.9 Å². The highest BCUT2D eigenvalue weighted by Gasteiger charge is 2.33. The first-order valence-electron chi connectivity index (χ1n) is 12.7. The quantitative estimate of drug-likeness (QED) is 0.329. The third kappa shape index (κ3) is 8.07. The molecule has 0 aliphatic heterocycles. The number of carbonyl (C=O) groups excluding carboxylic acids is 2. The maximum atomic E-state index is 13.4. The normalized spacial score (nSPS) is 12.6. The summed E-state index contributed by atoms with van der Waals surface area (Å²) in [5.74, 6) is -1.88. The predicted octanol–water partition coefficient (Wildman–Crippen LogP) is 5.24. The van der Waals surface area contributed by atoms with E-state index in [4.69, 9.17) is 4.74 Å². The lowest BCUT2D eigenvalue weighted by Crippen LogP contribution is -2.52. The molecule has 0 saturated carbocycles. The van der Waals surface area contributed by atoms with Crippen molar-refractivity contribution in [1.82, 2.24) is 10.2 Å². The molecular weight excluding hydrogens is 468 g/mol. The number of hydrogen-bond acceptors (Lipinski definition) is 4. The lowest BCUT2D eigenvalue weighted by atomic mass is 9.85. The van der Waals surface area contributed by atoms with Gasteiger partial charge in [-0.3, -0.25) is 4.79 Å². The number of carboxylic acids is 1. The second-order valence-corrected chi connectivity index (χ2v) is 9.56. The number of benzene rings is 3. The first-order valence-corrected chi connectivity index (χ1v) is 12.7. The van der Waals surface area contributed by atoms with Gasteiger partial charge in [0, 0.05) is 19.0 Å². The molecule has 0 heterocycles. The largest absolute Gasteiger partial charge is 0.480 e. The van der Waals surface area contributed by atoms with E-state index in [1.54, 1.807) is 6.92 Å². The summed E-state index contributed by atoms with van der Waals surface area (Å²) < 4.78 is 5.00. The highest BCUT2D eigenvalue weighted by molar-refractivity contribution is 5.86. The Morgan fingerprint density at radius 1 is 0.946 bits per heavy atom. The zero-order valence-electron chi connectivity index (χ0n) is 21.7. The van der Waals surface area contributed by atoms with E-state index in [1.165, 1.54) is 4.90 Å². The summed E-state index contributed by atoms with van der Waals surface area (Å²) in [5.41, 5.74) is 1.81. The Morgan fingerprint density at radius 3 is 2.27 bits per heavy atom. The minimum absolute atomic E-state index is 0.0455. The van der Waals surface area contributed by atoms with Crippen molar-refractivity contribution < 1.29 is 24.2 Å². The van der Waals surface area contributed by atoms with Gasteiger partial charge in [0.2, 0.25) is 0 Å². The summed E-state index contributed by atoms with van der Waals surface area (Å²) in [6.07, 6.45) is 0.479. The van der Waals surface area contributed by atoms with Crippen LogP contribution in [0.3, 0.4) is 0 Å². The molecule has 7 heteroatoms. The molecule has 2 atom stereocenters. The van der Waals surface area contributed by atoms with Gasteiger partial charge in [-0.05, 0) is 41.2 Å². The molecule has 3 rings (SSSR count). The number of fused-ring (bicyclic) bond motifs is 1. The Hall–Kier alpha value is -3.87. The molecular formula is C30H36N2O5. The number of ether oxygens (including phenoxy) is 1. The van der Waals surface area contributed by atoms with E-state index in [0.29, 0.717) is 13.0 Å². The van der Waals surface area contributed by atoms with Gasteiger partial charge in [0.05, 0.1) is 13.0 Å². The summed E-state index contributed by atoms with van der Waals surface area (Å²) in [7, 11) is 0. The zero-order chi connectivity index (χ0) is 26.8. The van der Waals surface area contributed by atoms with Crippen molar-refractivity contribution in [3.8, 4) is 0 Å². The number of amides is 2. The van der Waals surface area contributed by atoms with E-state index in [9.17, 15) is 19.5 Å². The third-order valence-corrected chi connectivity index (χ3v) is 6.21. The van der Waals surface area contributed by atoms with Crippen molar-refractivity contribution in [2.24, 2.45) is 5.92 Å². The molecule has 0 spiro atoms. The maximum Gasteiger partial charge on any atom is 0.326 e. The summed E-state index contributed by atoms with van der Waals surface area (Å²) >= 11 is 0. The predicted molar refractivity (Wildman–Crippen MR) is 144 cm³/mol. The fraction of sp³-hybridized carbons (Fsp3) is 0.367. The second kappa shape index (κ2) is 13.4. The van der Waals surface area contributed by atoms with Crippen LogP contribution in [0.1, 0.15) is 44.2 Å². The third-order valence-electron chi connectivity index (χ3n) is 6.21. The zero-order valence-corrected chi connectivity index (χ0v) is 21.7. The van der Waals surface area contributed by atoms with Crippen LogP contribution in [-0.4, -0.2) is 53.7 Å². The summed E-state index contributed by atoms with van der Waals surface area (Å²) in [6, 6.07) is 21.8. The molecule has 0 fully saturated rings. The monoisotopic (exact) mass is 504 g/mol. The molecule has 7 nitrogen and oxygen atoms in total. The summed E-state index contributed by atoms with van der Waals surface area (Å²) in [5, 5.41) is 15.1. The Labute approximate surface area is 218 Å². The van der Waals surface area contributed by atoms with Crippen LogP contribution in [0.25, 0.3) is 10.8 Å². The minimum atomic E-state index is -1.17. The molecule has 2 amide bonds. The number of nitrogens with one attached hydrogen (secondary N) is 1. The van der Waals surface area contributed by atoms with Crippen molar-refractivity contribution >= 4 is 28.7 Å². The average molecular weight is 505 g/mol. The highest BCUT2D eigenvalue weighted by atomic mass is 16.5. The van der Waals surface area contributed by atoms with Crippen LogP contribution in [0.15, 0.2) is 72.8 Å². The van der Waals surface area contributed by atoms with E-state index in [2.05, 4.69) is 5.32 Å². The molecule has 3 aromatic carbocycles. The van der Waals surface area contributed by atoms with Crippen molar-refractivity contribution in [2.45, 2.75) is 45.6 Å². The Bertz CT molecular complexity index is 1190. The molecule has 0 aliphatic carbocycles. The smallest absolute Gasteiger partial charge is 0.326 e. The van der Waals surface area contributed by atoms with Gasteiger partial charge in [0.15, 0.2) is 0 Å². The first-order chi connectivity index (χ1) is 17.8. The van der Waals surface area contributed by atoms with E-state index < -0.39 is 29.9 Å².